The van der Waals surface area contributed by atoms with Gasteiger partial charge in [0, 0.05) is 22.4 Å². The van der Waals surface area contributed by atoms with Crippen molar-refractivity contribution in [1.29, 1.82) is 0 Å². The van der Waals surface area contributed by atoms with Gasteiger partial charge in [-0.1, -0.05) is 53.7 Å². The zero-order valence-electron chi connectivity index (χ0n) is 13.6. The second-order valence-electron chi connectivity index (χ2n) is 5.70. The van der Waals surface area contributed by atoms with Crippen molar-refractivity contribution in [2.75, 3.05) is 0 Å². The summed E-state index contributed by atoms with van der Waals surface area (Å²) in [5.74, 6) is 0.770. The molecule has 0 N–H and O–H groups in total. The Morgan fingerprint density at radius 2 is 2.00 bits per heavy atom. The van der Waals surface area contributed by atoms with E-state index in [4.69, 9.17) is 11.6 Å². The van der Waals surface area contributed by atoms with Crippen molar-refractivity contribution in [3.05, 3.63) is 77.2 Å². The number of nitrogens with zero attached hydrogens (tertiary/aromatic N) is 4. The van der Waals surface area contributed by atoms with Crippen molar-refractivity contribution in [2.45, 2.75) is 17.8 Å². The van der Waals surface area contributed by atoms with E-state index in [0.717, 1.165) is 38.1 Å². The minimum Gasteiger partial charge on any atom is -0.277 e. The van der Waals surface area contributed by atoms with E-state index in [0.29, 0.717) is 0 Å². The standard InChI is InChI=1S/C19H15ClN4S/c1-13-7-8-16(10-17(13)20)24-12-22-23-19(24)25-11-15-5-2-4-14-6-3-9-21-18(14)15/h2-10,12H,11H2,1H3. The van der Waals surface area contributed by atoms with E-state index in [1.165, 1.54) is 5.56 Å². The zero-order valence-corrected chi connectivity index (χ0v) is 15.1. The molecule has 4 aromatic rings. The summed E-state index contributed by atoms with van der Waals surface area (Å²) < 4.78 is 1.95. The highest BCUT2D eigenvalue weighted by molar-refractivity contribution is 7.98. The molecule has 0 spiro atoms. The lowest BCUT2D eigenvalue weighted by Gasteiger charge is -2.09. The first-order valence-electron chi connectivity index (χ1n) is 7.84. The van der Waals surface area contributed by atoms with Gasteiger partial charge in [-0.05, 0) is 36.2 Å². The summed E-state index contributed by atoms with van der Waals surface area (Å²) in [7, 11) is 0. The molecule has 0 amide bonds. The van der Waals surface area contributed by atoms with Crippen LogP contribution >= 0.6 is 23.4 Å². The summed E-state index contributed by atoms with van der Waals surface area (Å²) in [6.07, 6.45) is 3.54. The molecule has 0 aliphatic rings. The second kappa shape index (κ2) is 6.86. The normalized spacial score (nSPS) is 11.1. The van der Waals surface area contributed by atoms with Gasteiger partial charge >= 0.3 is 0 Å². The maximum Gasteiger partial charge on any atom is 0.195 e. The van der Waals surface area contributed by atoms with Gasteiger partial charge in [0.1, 0.15) is 6.33 Å². The molecular formula is C19H15ClN4S. The number of aryl methyl sites for hydroxylation is 1. The molecule has 2 aromatic heterocycles. The largest absolute Gasteiger partial charge is 0.277 e. The number of pyridine rings is 1. The Morgan fingerprint density at radius 1 is 1.12 bits per heavy atom. The summed E-state index contributed by atoms with van der Waals surface area (Å²) in [6, 6.07) is 16.2. The highest BCUT2D eigenvalue weighted by atomic mass is 35.5. The molecule has 0 bridgehead atoms. The Hall–Kier alpha value is -2.37. The van der Waals surface area contributed by atoms with Gasteiger partial charge in [-0.15, -0.1) is 10.2 Å². The third kappa shape index (κ3) is 3.25. The summed E-state index contributed by atoms with van der Waals surface area (Å²) >= 11 is 7.88. The number of halogens is 1. The van der Waals surface area contributed by atoms with Crippen LogP contribution in [0.25, 0.3) is 16.6 Å². The van der Waals surface area contributed by atoms with E-state index >= 15 is 0 Å². The van der Waals surface area contributed by atoms with Crippen molar-refractivity contribution in [3.8, 4) is 5.69 Å². The van der Waals surface area contributed by atoms with Crippen molar-refractivity contribution in [2.24, 2.45) is 0 Å². The molecule has 0 atom stereocenters. The Morgan fingerprint density at radius 3 is 2.88 bits per heavy atom. The van der Waals surface area contributed by atoms with Crippen LogP contribution in [0.5, 0.6) is 0 Å². The second-order valence-corrected chi connectivity index (χ2v) is 7.05. The molecule has 2 aromatic carbocycles. The van der Waals surface area contributed by atoms with E-state index in [9.17, 15) is 0 Å². The van der Waals surface area contributed by atoms with Crippen LogP contribution in [0, 0.1) is 6.92 Å². The van der Waals surface area contributed by atoms with E-state index in [2.05, 4.69) is 39.4 Å². The van der Waals surface area contributed by atoms with Crippen LogP contribution in [-0.4, -0.2) is 19.7 Å². The maximum absolute atomic E-state index is 6.25. The third-order valence-corrected chi connectivity index (χ3v) is 5.42. The fourth-order valence-corrected chi connectivity index (χ4v) is 3.75. The fraction of sp³-hybridized carbons (Fsp3) is 0.105. The van der Waals surface area contributed by atoms with Crippen LogP contribution in [0.3, 0.4) is 0 Å². The van der Waals surface area contributed by atoms with Gasteiger partial charge < -0.3 is 0 Å². The van der Waals surface area contributed by atoms with Gasteiger partial charge in [0.2, 0.25) is 0 Å². The Kier molecular flexibility index (Phi) is 4.42. The van der Waals surface area contributed by atoms with Crippen LogP contribution in [0.15, 0.2) is 66.2 Å². The number of benzene rings is 2. The molecule has 0 fully saturated rings. The van der Waals surface area contributed by atoms with Gasteiger partial charge in [0.05, 0.1) is 11.2 Å². The van der Waals surface area contributed by atoms with Crippen LogP contribution < -0.4 is 0 Å². The SMILES string of the molecule is Cc1ccc(-n2cnnc2SCc2cccc3cccnc23)cc1Cl. The minimum absolute atomic E-state index is 0.736. The Labute approximate surface area is 154 Å². The van der Waals surface area contributed by atoms with Gasteiger partial charge in [0.25, 0.3) is 0 Å². The average Bonchev–Trinajstić information content (AvgIpc) is 3.11. The molecule has 0 unspecified atom stereocenters. The van der Waals surface area contributed by atoms with Gasteiger partial charge in [-0.2, -0.15) is 0 Å². The predicted octanol–water partition coefficient (Wildman–Crippen LogP) is 5.07. The van der Waals surface area contributed by atoms with Gasteiger partial charge in [-0.3, -0.25) is 9.55 Å². The topological polar surface area (TPSA) is 43.6 Å². The third-order valence-electron chi connectivity index (χ3n) is 4.02. The van der Waals surface area contributed by atoms with Crippen molar-refractivity contribution >= 4 is 34.3 Å². The van der Waals surface area contributed by atoms with Gasteiger partial charge in [-0.25, -0.2) is 0 Å². The first kappa shape index (κ1) is 16.1. The molecule has 0 saturated carbocycles. The zero-order chi connectivity index (χ0) is 17.2. The van der Waals surface area contributed by atoms with Crippen LogP contribution in [0.1, 0.15) is 11.1 Å². The highest BCUT2D eigenvalue weighted by Crippen LogP contribution is 2.28. The van der Waals surface area contributed by atoms with E-state index in [1.807, 2.05) is 42.0 Å². The van der Waals surface area contributed by atoms with E-state index < -0.39 is 0 Å². The number of thioether (sulfide) groups is 1. The summed E-state index contributed by atoms with van der Waals surface area (Å²) in [6.45, 7) is 1.99. The summed E-state index contributed by atoms with van der Waals surface area (Å²) in [4.78, 5) is 4.51. The van der Waals surface area contributed by atoms with Crippen molar-refractivity contribution in [1.82, 2.24) is 19.7 Å². The lowest BCUT2D eigenvalue weighted by atomic mass is 10.1. The molecule has 124 valence electrons. The molecule has 0 aliphatic heterocycles. The smallest absolute Gasteiger partial charge is 0.195 e. The van der Waals surface area contributed by atoms with Crippen molar-refractivity contribution in [3.63, 3.8) is 0 Å². The summed E-state index contributed by atoms with van der Waals surface area (Å²) in [5, 5.41) is 11.0. The monoisotopic (exact) mass is 366 g/mol. The molecule has 4 nitrogen and oxygen atoms in total. The highest BCUT2D eigenvalue weighted by Gasteiger charge is 2.10. The molecule has 0 aliphatic carbocycles. The van der Waals surface area contributed by atoms with Crippen molar-refractivity contribution < 1.29 is 0 Å². The lowest BCUT2D eigenvalue weighted by molar-refractivity contribution is 0.883. The number of aromatic nitrogens is 4. The predicted molar refractivity (Wildman–Crippen MR) is 102 cm³/mol. The Balaban J connectivity index is 1.62. The molecule has 0 radical (unpaired) electrons. The number of hydrogen-bond donors (Lipinski definition) is 0. The number of hydrogen-bond acceptors (Lipinski definition) is 4. The van der Waals surface area contributed by atoms with Crippen LogP contribution in [-0.2, 0) is 5.75 Å². The molecule has 4 rings (SSSR count). The number of para-hydroxylation sites is 1. The average molecular weight is 367 g/mol. The van der Waals surface area contributed by atoms with E-state index in [1.54, 1.807) is 18.1 Å². The molecule has 2 heterocycles. The Bertz CT molecular complexity index is 1040. The summed E-state index contributed by atoms with van der Waals surface area (Å²) in [5.41, 5.74) is 4.22. The van der Waals surface area contributed by atoms with Crippen LogP contribution in [0.4, 0.5) is 0 Å². The molecule has 6 heteroatoms. The van der Waals surface area contributed by atoms with E-state index in [-0.39, 0.29) is 0 Å². The fourth-order valence-electron chi connectivity index (χ4n) is 2.66. The maximum atomic E-state index is 6.25. The number of fused-ring (bicyclic) bond motifs is 1. The first-order chi connectivity index (χ1) is 12.2. The van der Waals surface area contributed by atoms with Gasteiger partial charge in [0.15, 0.2) is 5.16 Å². The minimum atomic E-state index is 0.736. The molecule has 0 saturated heterocycles. The quantitative estimate of drug-likeness (QED) is 0.473. The molecule has 25 heavy (non-hydrogen) atoms. The molecular weight excluding hydrogens is 352 g/mol. The first-order valence-corrected chi connectivity index (χ1v) is 9.21. The lowest BCUT2D eigenvalue weighted by Crippen LogP contribution is -1.96. The number of rotatable bonds is 4. The van der Waals surface area contributed by atoms with Crippen LogP contribution in [0.2, 0.25) is 5.02 Å².